The van der Waals surface area contributed by atoms with Crippen LogP contribution in [-0.2, 0) is 5.41 Å². The summed E-state index contributed by atoms with van der Waals surface area (Å²) >= 11 is 0. The van der Waals surface area contributed by atoms with Crippen molar-refractivity contribution in [2.75, 3.05) is 44.2 Å². The Morgan fingerprint density at radius 1 is 1.03 bits per heavy atom. The van der Waals surface area contributed by atoms with Gasteiger partial charge in [-0.2, -0.15) is 0 Å². The van der Waals surface area contributed by atoms with E-state index in [9.17, 15) is 0 Å². The zero-order valence-electron chi connectivity index (χ0n) is 17.8. The second-order valence-electron chi connectivity index (χ2n) is 9.06. The first-order chi connectivity index (χ1) is 14.0. The van der Waals surface area contributed by atoms with Gasteiger partial charge in [0.25, 0.3) is 0 Å². The molecule has 0 amide bonds. The molecule has 0 unspecified atom stereocenters. The van der Waals surface area contributed by atoms with Gasteiger partial charge in [0.05, 0.1) is 6.61 Å². The summed E-state index contributed by atoms with van der Waals surface area (Å²) < 4.78 is 5.60. The predicted octanol–water partition coefficient (Wildman–Crippen LogP) is 3.03. The van der Waals surface area contributed by atoms with Crippen LogP contribution in [0.15, 0.2) is 24.5 Å². The zero-order chi connectivity index (χ0) is 20.3. The van der Waals surface area contributed by atoms with E-state index in [0.29, 0.717) is 18.5 Å². The van der Waals surface area contributed by atoms with Crippen molar-refractivity contribution >= 4 is 5.82 Å². The molecule has 2 aliphatic rings. The number of hydrogen-bond donors (Lipinski definition) is 0. The number of ether oxygens (including phenoxy) is 1. The fourth-order valence-corrected chi connectivity index (χ4v) is 3.55. The lowest BCUT2D eigenvalue weighted by molar-refractivity contribution is 0.218. The van der Waals surface area contributed by atoms with Crippen LogP contribution >= 0.6 is 0 Å². The van der Waals surface area contributed by atoms with E-state index in [4.69, 9.17) is 14.7 Å². The van der Waals surface area contributed by atoms with Crippen molar-refractivity contribution in [3.63, 3.8) is 0 Å². The summed E-state index contributed by atoms with van der Waals surface area (Å²) in [4.78, 5) is 22.9. The van der Waals surface area contributed by atoms with Gasteiger partial charge in [0.1, 0.15) is 11.6 Å². The molecule has 0 radical (unpaired) electrons. The van der Waals surface area contributed by atoms with Gasteiger partial charge in [0.2, 0.25) is 0 Å². The molecule has 2 aromatic rings. The van der Waals surface area contributed by atoms with Crippen molar-refractivity contribution in [2.45, 2.75) is 51.4 Å². The summed E-state index contributed by atoms with van der Waals surface area (Å²) in [6.07, 6.45) is 6.92. The van der Waals surface area contributed by atoms with Gasteiger partial charge in [0.15, 0.2) is 0 Å². The minimum absolute atomic E-state index is 0.0239. The first-order valence-electron chi connectivity index (χ1n) is 10.8. The third kappa shape index (κ3) is 5.41. The maximum Gasteiger partial charge on any atom is 0.316 e. The molecule has 3 heterocycles. The largest absolute Gasteiger partial charge is 0.463 e. The van der Waals surface area contributed by atoms with E-state index in [0.717, 1.165) is 50.8 Å². The first kappa shape index (κ1) is 20.0. The molecule has 1 saturated heterocycles. The first-order valence-corrected chi connectivity index (χ1v) is 10.8. The topological polar surface area (TPSA) is 67.3 Å². The average molecular weight is 397 g/mol. The minimum atomic E-state index is -0.0239. The molecule has 1 aliphatic carbocycles. The SMILES string of the molecule is CC(C)(C)c1nc(C2CC2)cc(N2CCN(CCCOc3ncccn3)CC2)n1. The van der Waals surface area contributed by atoms with E-state index < -0.39 is 0 Å². The van der Waals surface area contributed by atoms with E-state index in [-0.39, 0.29) is 5.41 Å². The van der Waals surface area contributed by atoms with E-state index in [2.05, 4.69) is 46.6 Å². The molecular weight excluding hydrogens is 364 g/mol. The van der Waals surface area contributed by atoms with Gasteiger partial charge < -0.3 is 9.64 Å². The summed E-state index contributed by atoms with van der Waals surface area (Å²) in [6, 6.07) is 4.49. The third-order valence-electron chi connectivity index (χ3n) is 5.49. The summed E-state index contributed by atoms with van der Waals surface area (Å²) in [7, 11) is 0. The Labute approximate surface area is 173 Å². The molecule has 156 valence electrons. The predicted molar refractivity (Wildman–Crippen MR) is 114 cm³/mol. The van der Waals surface area contributed by atoms with Gasteiger partial charge in [-0.25, -0.2) is 19.9 Å². The number of nitrogens with zero attached hydrogens (tertiary/aromatic N) is 6. The van der Waals surface area contributed by atoms with Gasteiger partial charge in [-0.1, -0.05) is 20.8 Å². The second kappa shape index (κ2) is 8.61. The van der Waals surface area contributed by atoms with Crippen LogP contribution in [0.4, 0.5) is 5.82 Å². The van der Waals surface area contributed by atoms with Crippen LogP contribution in [0.2, 0.25) is 0 Å². The lowest BCUT2D eigenvalue weighted by Gasteiger charge is -2.36. The zero-order valence-corrected chi connectivity index (χ0v) is 17.8. The Kier molecular flexibility index (Phi) is 5.94. The van der Waals surface area contributed by atoms with E-state index in [1.54, 1.807) is 18.5 Å². The summed E-state index contributed by atoms with van der Waals surface area (Å²) in [6.45, 7) is 12.4. The Morgan fingerprint density at radius 2 is 1.76 bits per heavy atom. The fraction of sp³-hybridized carbons (Fsp3) is 0.636. The standard InChI is InChI=1S/C22H32N6O/c1-22(2,3)20-25-18(17-6-7-17)16-19(26-20)28-13-11-27(12-14-28)10-5-15-29-21-23-8-4-9-24-21/h4,8-9,16-17H,5-7,10-15H2,1-3H3. The molecule has 7 nitrogen and oxygen atoms in total. The number of rotatable bonds is 7. The molecule has 0 N–H and O–H groups in total. The highest BCUT2D eigenvalue weighted by Gasteiger charge is 2.29. The van der Waals surface area contributed by atoms with Crippen LogP contribution in [-0.4, -0.2) is 64.2 Å². The van der Waals surface area contributed by atoms with Crippen molar-refractivity contribution in [1.82, 2.24) is 24.8 Å². The smallest absolute Gasteiger partial charge is 0.316 e. The van der Waals surface area contributed by atoms with Crippen LogP contribution in [0.3, 0.4) is 0 Å². The quantitative estimate of drug-likeness (QED) is 0.666. The van der Waals surface area contributed by atoms with Crippen LogP contribution in [0.5, 0.6) is 6.01 Å². The highest BCUT2D eigenvalue weighted by Crippen LogP contribution is 2.40. The van der Waals surface area contributed by atoms with Gasteiger partial charge in [-0.3, -0.25) is 4.90 Å². The lowest BCUT2D eigenvalue weighted by Crippen LogP contribution is -2.47. The average Bonchev–Trinajstić information content (AvgIpc) is 3.57. The van der Waals surface area contributed by atoms with Crippen molar-refractivity contribution in [2.24, 2.45) is 0 Å². The normalized spacial score (nSPS) is 18.1. The molecular formula is C22H32N6O. The maximum atomic E-state index is 5.60. The van der Waals surface area contributed by atoms with Gasteiger partial charge in [0, 0.05) is 68.2 Å². The number of hydrogen-bond acceptors (Lipinski definition) is 7. The molecule has 2 fully saturated rings. The Morgan fingerprint density at radius 3 is 2.41 bits per heavy atom. The van der Waals surface area contributed by atoms with Crippen molar-refractivity contribution in [1.29, 1.82) is 0 Å². The summed E-state index contributed by atoms with van der Waals surface area (Å²) in [5.41, 5.74) is 1.21. The van der Waals surface area contributed by atoms with Crippen molar-refractivity contribution in [3.8, 4) is 6.01 Å². The van der Waals surface area contributed by atoms with Gasteiger partial charge in [-0.05, 0) is 25.3 Å². The number of anilines is 1. The van der Waals surface area contributed by atoms with Crippen LogP contribution in [0, 0.1) is 0 Å². The molecule has 0 aromatic carbocycles. The Balaban J connectivity index is 1.28. The minimum Gasteiger partial charge on any atom is -0.463 e. The molecule has 4 rings (SSSR count). The lowest BCUT2D eigenvalue weighted by atomic mass is 9.95. The van der Waals surface area contributed by atoms with Gasteiger partial charge in [-0.15, -0.1) is 0 Å². The van der Waals surface area contributed by atoms with E-state index in [1.807, 2.05) is 0 Å². The second-order valence-corrected chi connectivity index (χ2v) is 9.06. The number of piperazine rings is 1. The number of aromatic nitrogens is 4. The van der Waals surface area contributed by atoms with E-state index in [1.165, 1.54) is 18.5 Å². The molecule has 0 spiro atoms. The summed E-state index contributed by atoms with van der Waals surface area (Å²) in [5, 5.41) is 0. The maximum absolute atomic E-state index is 5.60. The Bertz CT molecular complexity index is 795. The van der Waals surface area contributed by atoms with Gasteiger partial charge >= 0.3 is 6.01 Å². The van der Waals surface area contributed by atoms with Crippen LogP contribution < -0.4 is 9.64 Å². The monoisotopic (exact) mass is 396 g/mol. The molecule has 7 heteroatoms. The van der Waals surface area contributed by atoms with E-state index >= 15 is 0 Å². The summed E-state index contributed by atoms with van der Waals surface area (Å²) in [5.74, 6) is 2.73. The highest BCUT2D eigenvalue weighted by atomic mass is 16.5. The van der Waals surface area contributed by atoms with Crippen molar-refractivity contribution in [3.05, 3.63) is 36.0 Å². The highest BCUT2D eigenvalue weighted by molar-refractivity contribution is 5.42. The molecule has 1 saturated carbocycles. The molecule has 0 atom stereocenters. The van der Waals surface area contributed by atoms with Crippen LogP contribution in [0.1, 0.15) is 57.5 Å². The van der Waals surface area contributed by atoms with Crippen LogP contribution in [0.25, 0.3) is 0 Å². The van der Waals surface area contributed by atoms with Crippen molar-refractivity contribution < 1.29 is 4.74 Å². The molecule has 2 aromatic heterocycles. The molecule has 1 aliphatic heterocycles. The molecule has 0 bridgehead atoms. The fourth-order valence-electron chi connectivity index (χ4n) is 3.55. The third-order valence-corrected chi connectivity index (χ3v) is 5.49. The Hall–Kier alpha value is -2.28. The molecule has 29 heavy (non-hydrogen) atoms.